The molecule has 0 fully saturated rings. The van der Waals surface area contributed by atoms with Crippen LogP contribution in [-0.4, -0.2) is 10.9 Å². The van der Waals surface area contributed by atoms with Gasteiger partial charge in [0.25, 0.3) is 0 Å². The number of pyridine rings is 1. The maximum absolute atomic E-state index is 11.9. The fourth-order valence-corrected chi connectivity index (χ4v) is 1.73. The van der Waals surface area contributed by atoms with E-state index in [9.17, 15) is 4.79 Å². The van der Waals surface area contributed by atoms with Crippen molar-refractivity contribution in [3.63, 3.8) is 0 Å². The third-order valence-electron chi connectivity index (χ3n) is 2.62. The Kier molecular flexibility index (Phi) is 4.04. The van der Waals surface area contributed by atoms with Crippen molar-refractivity contribution in [2.75, 3.05) is 5.32 Å². The first kappa shape index (κ1) is 12.3. The first-order valence-corrected chi connectivity index (χ1v) is 5.77. The molecule has 0 aliphatic carbocycles. The standard InChI is InChI=1S/C14H15N3O/c15-10-12-6-2-1-5-11(12)9-14(18)17-13-7-3-4-8-16-13/h1-8H,9-10,15H2,(H,16,17,18). The SMILES string of the molecule is NCc1ccccc1CC(=O)Nc1ccccn1. The van der Waals surface area contributed by atoms with Crippen LogP contribution in [-0.2, 0) is 17.8 Å². The molecule has 2 rings (SSSR count). The molecule has 4 nitrogen and oxygen atoms in total. The Morgan fingerprint density at radius 1 is 1.11 bits per heavy atom. The highest BCUT2D eigenvalue weighted by Crippen LogP contribution is 2.10. The molecule has 0 bridgehead atoms. The van der Waals surface area contributed by atoms with Gasteiger partial charge in [0, 0.05) is 12.7 Å². The predicted molar refractivity (Wildman–Crippen MR) is 70.9 cm³/mol. The zero-order valence-electron chi connectivity index (χ0n) is 9.97. The third-order valence-corrected chi connectivity index (χ3v) is 2.62. The fourth-order valence-electron chi connectivity index (χ4n) is 1.73. The molecule has 1 heterocycles. The molecule has 0 spiro atoms. The lowest BCUT2D eigenvalue weighted by atomic mass is 10.0. The van der Waals surface area contributed by atoms with Crippen molar-refractivity contribution in [3.8, 4) is 0 Å². The van der Waals surface area contributed by atoms with Crippen molar-refractivity contribution in [1.82, 2.24) is 4.98 Å². The van der Waals surface area contributed by atoms with Crippen molar-refractivity contribution in [1.29, 1.82) is 0 Å². The van der Waals surface area contributed by atoms with Crippen molar-refractivity contribution < 1.29 is 4.79 Å². The molecule has 2 aromatic rings. The lowest BCUT2D eigenvalue weighted by Gasteiger charge is -2.07. The third kappa shape index (κ3) is 3.15. The van der Waals surface area contributed by atoms with E-state index >= 15 is 0 Å². The smallest absolute Gasteiger partial charge is 0.229 e. The van der Waals surface area contributed by atoms with E-state index in [2.05, 4.69) is 10.3 Å². The minimum atomic E-state index is -0.0883. The number of nitrogens with two attached hydrogens (primary N) is 1. The highest BCUT2D eigenvalue weighted by molar-refractivity contribution is 5.91. The van der Waals surface area contributed by atoms with Crippen LogP contribution in [0, 0.1) is 0 Å². The largest absolute Gasteiger partial charge is 0.326 e. The highest BCUT2D eigenvalue weighted by Gasteiger charge is 2.07. The lowest BCUT2D eigenvalue weighted by molar-refractivity contribution is -0.115. The van der Waals surface area contributed by atoms with Gasteiger partial charge < -0.3 is 11.1 Å². The minimum Gasteiger partial charge on any atom is -0.326 e. The Bertz CT molecular complexity index is 526. The Balaban J connectivity index is 2.03. The van der Waals surface area contributed by atoms with Crippen LogP contribution in [0.15, 0.2) is 48.7 Å². The van der Waals surface area contributed by atoms with Gasteiger partial charge in [-0.05, 0) is 23.3 Å². The molecule has 0 atom stereocenters. The van der Waals surface area contributed by atoms with E-state index in [1.54, 1.807) is 18.3 Å². The second kappa shape index (κ2) is 5.93. The van der Waals surface area contributed by atoms with Gasteiger partial charge in [0.15, 0.2) is 0 Å². The molecule has 4 heteroatoms. The monoisotopic (exact) mass is 241 g/mol. The van der Waals surface area contributed by atoms with E-state index in [0.717, 1.165) is 11.1 Å². The number of carbonyl (C=O) groups excluding carboxylic acids is 1. The highest BCUT2D eigenvalue weighted by atomic mass is 16.1. The summed E-state index contributed by atoms with van der Waals surface area (Å²) in [6.45, 7) is 0.438. The van der Waals surface area contributed by atoms with Gasteiger partial charge in [-0.2, -0.15) is 0 Å². The summed E-state index contributed by atoms with van der Waals surface area (Å²) in [5, 5.41) is 2.75. The van der Waals surface area contributed by atoms with Crippen LogP contribution < -0.4 is 11.1 Å². The van der Waals surface area contributed by atoms with Gasteiger partial charge in [-0.15, -0.1) is 0 Å². The Labute approximate surface area is 106 Å². The normalized spacial score (nSPS) is 10.1. The summed E-state index contributed by atoms with van der Waals surface area (Å²) in [6, 6.07) is 13.1. The summed E-state index contributed by atoms with van der Waals surface area (Å²) in [6.07, 6.45) is 1.95. The van der Waals surface area contributed by atoms with Gasteiger partial charge in [-0.25, -0.2) is 4.98 Å². The summed E-state index contributed by atoms with van der Waals surface area (Å²) in [7, 11) is 0. The predicted octanol–water partition coefficient (Wildman–Crippen LogP) is 1.72. The van der Waals surface area contributed by atoms with Crippen LogP contribution in [0.2, 0.25) is 0 Å². The number of hydrogen-bond acceptors (Lipinski definition) is 3. The molecule has 0 saturated heterocycles. The van der Waals surface area contributed by atoms with Crippen LogP contribution in [0.1, 0.15) is 11.1 Å². The first-order valence-electron chi connectivity index (χ1n) is 5.77. The summed E-state index contributed by atoms with van der Waals surface area (Å²) in [4.78, 5) is 15.9. The van der Waals surface area contributed by atoms with Gasteiger partial charge in [-0.3, -0.25) is 4.79 Å². The topological polar surface area (TPSA) is 68.0 Å². The molecule has 0 unspecified atom stereocenters. The van der Waals surface area contributed by atoms with Crippen LogP contribution in [0.25, 0.3) is 0 Å². The first-order chi connectivity index (χ1) is 8.79. The molecule has 18 heavy (non-hydrogen) atoms. The van der Waals surface area contributed by atoms with Crippen LogP contribution >= 0.6 is 0 Å². The maximum Gasteiger partial charge on any atom is 0.229 e. The Morgan fingerprint density at radius 2 is 1.83 bits per heavy atom. The van der Waals surface area contributed by atoms with Gasteiger partial charge in [0.2, 0.25) is 5.91 Å². The number of nitrogens with zero attached hydrogens (tertiary/aromatic N) is 1. The molecule has 3 N–H and O–H groups in total. The number of carbonyl (C=O) groups is 1. The van der Waals surface area contributed by atoms with E-state index in [1.165, 1.54) is 0 Å². The molecule has 0 saturated carbocycles. The number of nitrogens with one attached hydrogen (secondary N) is 1. The zero-order chi connectivity index (χ0) is 12.8. The second-order valence-electron chi connectivity index (χ2n) is 3.91. The van der Waals surface area contributed by atoms with Crippen molar-refractivity contribution in [2.24, 2.45) is 5.73 Å². The van der Waals surface area contributed by atoms with Crippen LogP contribution in [0.3, 0.4) is 0 Å². The average molecular weight is 241 g/mol. The molecule has 92 valence electrons. The van der Waals surface area contributed by atoms with E-state index in [1.807, 2.05) is 30.3 Å². The summed E-state index contributed by atoms with van der Waals surface area (Å²) in [5.41, 5.74) is 7.58. The van der Waals surface area contributed by atoms with Gasteiger partial charge >= 0.3 is 0 Å². The second-order valence-corrected chi connectivity index (χ2v) is 3.91. The number of benzene rings is 1. The molecule has 1 amide bonds. The lowest BCUT2D eigenvalue weighted by Crippen LogP contribution is -2.16. The number of anilines is 1. The molecular weight excluding hydrogens is 226 g/mol. The number of amides is 1. The van der Waals surface area contributed by atoms with Crippen LogP contribution in [0.4, 0.5) is 5.82 Å². The summed E-state index contributed by atoms with van der Waals surface area (Å²) < 4.78 is 0. The molecule has 1 aromatic heterocycles. The van der Waals surface area contributed by atoms with Gasteiger partial charge in [0.05, 0.1) is 6.42 Å². The Hall–Kier alpha value is -2.20. The van der Waals surface area contributed by atoms with Crippen molar-refractivity contribution in [3.05, 3.63) is 59.8 Å². The summed E-state index contributed by atoms with van der Waals surface area (Å²) >= 11 is 0. The zero-order valence-corrected chi connectivity index (χ0v) is 9.97. The van der Waals surface area contributed by atoms with Gasteiger partial charge in [-0.1, -0.05) is 30.3 Å². The van der Waals surface area contributed by atoms with E-state index < -0.39 is 0 Å². The summed E-state index contributed by atoms with van der Waals surface area (Å²) in [5.74, 6) is 0.474. The number of aromatic nitrogens is 1. The Morgan fingerprint density at radius 3 is 2.50 bits per heavy atom. The number of rotatable bonds is 4. The molecular formula is C14H15N3O. The maximum atomic E-state index is 11.9. The number of hydrogen-bond donors (Lipinski definition) is 2. The molecule has 1 aromatic carbocycles. The molecule has 0 aliphatic rings. The average Bonchev–Trinajstić information content (AvgIpc) is 2.40. The van der Waals surface area contributed by atoms with E-state index in [0.29, 0.717) is 18.8 Å². The van der Waals surface area contributed by atoms with E-state index in [-0.39, 0.29) is 5.91 Å². The van der Waals surface area contributed by atoms with E-state index in [4.69, 9.17) is 5.73 Å². The van der Waals surface area contributed by atoms with Crippen LogP contribution in [0.5, 0.6) is 0 Å². The van der Waals surface area contributed by atoms with Gasteiger partial charge in [0.1, 0.15) is 5.82 Å². The minimum absolute atomic E-state index is 0.0883. The molecule has 0 aliphatic heterocycles. The molecule has 0 radical (unpaired) electrons. The van der Waals surface area contributed by atoms with Crippen molar-refractivity contribution in [2.45, 2.75) is 13.0 Å². The quantitative estimate of drug-likeness (QED) is 0.856. The fraction of sp³-hybridized carbons (Fsp3) is 0.143. The van der Waals surface area contributed by atoms with Crippen molar-refractivity contribution >= 4 is 11.7 Å².